The largest absolute Gasteiger partial charge is 0.491 e. The van der Waals surface area contributed by atoms with E-state index in [-0.39, 0.29) is 24.7 Å². The van der Waals surface area contributed by atoms with Crippen molar-refractivity contribution in [3.05, 3.63) is 29.8 Å². The van der Waals surface area contributed by atoms with Gasteiger partial charge in [-0.15, -0.1) is 0 Å². The number of hydrogen-bond acceptors (Lipinski definition) is 3. The molecule has 0 unspecified atom stereocenters. The molecule has 1 amide bonds. The van der Waals surface area contributed by atoms with Crippen molar-refractivity contribution in [3.63, 3.8) is 0 Å². The molecule has 1 atom stereocenters. The maximum absolute atomic E-state index is 11.9. The van der Waals surface area contributed by atoms with Gasteiger partial charge in [-0.1, -0.05) is 13.0 Å². The maximum Gasteiger partial charge on any atom is 0.251 e. The van der Waals surface area contributed by atoms with Gasteiger partial charge in [0.1, 0.15) is 5.75 Å². The molecule has 0 bridgehead atoms. The minimum absolute atomic E-state index is 0.0512. The van der Waals surface area contributed by atoms with Crippen LogP contribution in [0.3, 0.4) is 0 Å². The lowest BCUT2D eigenvalue weighted by molar-refractivity contribution is 0.0914. The Morgan fingerprint density at radius 3 is 2.72 bits per heavy atom. The summed E-state index contributed by atoms with van der Waals surface area (Å²) < 4.78 is 5.53. The first-order valence-corrected chi connectivity index (χ1v) is 6.25. The van der Waals surface area contributed by atoms with E-state index in [1.165, 1.54) is 0 Å². The zero-order chi connectivity index (χ0) is 13.5. The summed E-state index contributed by atoms with van der Waals surface area (Å²) in [5, 5.41) is 11.8. The molecular weight excluding hydrogens is 230 g/mol. The summed E-state index contributed by atoms with van der Waals surface area (Å²) >= 11 is 0. The third-order valence-corrected chi connectivity index (χ3v) is 2.52. The molecule has 0 radical (unpaired) electrons. The van der Waals surface area contributed by atoms with Crippen LogP contribution in [0, 0.1) is 0 Å². The van der Waals surface area contributed by atoms with Gasteiger partial charge in [0.05, 0.1) is 18.8 Å². The highest BCUT2D eigenvalue weighted by Gasteiger charge is 2.12. The van der Waals surface area contributed by atoms with E-state index in [9.17, 15) is 4.79 Å². The first kappa shape index (κ1) is 14.5. The van der Waals surface area contributed by atoms with Crippen LogP contribution in [0.25, 0.3) is 0 Å². The molecular formula is C14H21NO3. The van der Waals surface area contributed by atoms with Crippen molar-refractivity contribution in [2.24, 2.45) is 0 Å². The molecule has 0 fully saturated rings. The Balaban J connectivity index is 2.73. The Morgan fingerprint density at radius 2 is 2.17 bits per heavy atom. The Bertz CT molecular complexity index is 386. The van der Waals surface area contributed by atoms with Gasteiger partial charge < -0.3 is 15.2 Å². The number of hydrogen-bond donors (Lipinski definition) is 2. The molecule has 0 spiro atoms. The molecule has 0 heterocycles. The van der Waals surface area contributed by atoms with Gasteiger partial charge in [0.2, 0.25) is 0 Å². The van der Waals surface area contributed by atoms with Crippen LogP contribution in [0.2, 0.25) is 0 Å². The molecule has 4 nitrogen and oxygen atoms in total. The lowest BCUT2D eigenvalue weighted by atomic mass is 10.1. The van der Waals surface area contributed by atoms with Crippen molar-refractivity contribution < 1.29 is 14.6 Å². The molecule has 0 saturated heterocycles. The number of rotatable bonds is 6. The van der Waals surface area contributed by atoms with Crippen LogP contribution in [0.5, 0.6) is 5.75 Å². The summed E-state index contributed by atoms with van der Waals surface area (Å²) in [6, 6.07) is 6.84. The zero-order valence-corrected chi connectivity index (χ0v) is 11.1. The van der Waals surface area contributed by atoms with Crippen molar-refractivity contribution in [2.45, 2.75) is 39.3 Å². The standard InChI is InChI=1S/C14H21NO3/c1-4-12(9-16)15-14(17)11-6-5-7-13(8-11)18-10(2)3/h5-8,10,12,16H,4,9H2,1-3H3,(H,15,17)/t12-/m1/s1. The van der Waals surface area contributed by atoms with Gasteiger partial charge in [0, 0.05) is 5.56 Å². The highest BCUT2D eigenvalue weighted by Crippen LogP contribution is 2.15. The van der Waals surface area contributed by atoms with Gasteiger partial charge in [-0.3, -0.25) is 4.79 Å². The number of aliphatic hydroxyl groups is 1. The van der Waals surface area contributed by atoms with Crippen LogP contribution in [0.1, 0.15) is 37.6 Å². The Hall–Kier alpha value is -1.55. The summed E-state index contributed by atoms with van der Waals surface area (Å²) in [6.45, 7) is 5.74. The molecule has 1 aromatic rings. The Labute approximate surface area is 108 Å². The van der Waals surface area contributed by atoms with Crippen LogP contribution in [-0.2, 0) is 0 Å². The smallest absolute Gasteiger partial charge is 0.251 e. The quantitative estimate of drug-likeness (QED) is 0.812. The summed E-state index contributed by atoms with van der Waals surface area (Å²) in [7, 11) is 0. The van der Waals surface area contributed by atoms with E-state index in [0.29, 0.717) is 17.7 Å². The van der Waals surface area contributed by atoms with Gasteiger partial charge in [-0.2, -0.15) is 0 Å². The average Bonchev–Trinajstić information content (AvgIpc) is 2.35. The van der Waals surface area contributed by atoms with Crippen molar-refractivity contribution >= 4 is 5.91 Å². The number of amides is 1. The molecule has 0 aliphatic carbocycles. The van der Waals surface area contributed by atoms with Gasteiger partial charge in [-0.05, 0) is 38.5 Å². The van der Waals surface area contributed by atoms with E-state index >= 15 is 0 Å². The van der Waals surface area contributed by atoms with Crippen LogP contribution < -0.4 is 10.1 Å². The van der Waals surface area contributed by atoms with Crippen molar-refractivity contribution in [1.29, 1.82) is 0 Å². The minimum Gasteiger partial charge on any atom is -0.491 e. The molecule has 2 N–H and O–H groups in total. The molecule has 1 aromatic carbocycles. The molecule has 100 valence electrons. The third kappa shape index (κ3) is 4.37. The van der Waals surface area contributed by atoms with Crippen LogP contribution in [0.4, 0.5) is 0 Å². The summed E-state index contributed by atoms with van der Waals surface area (Å²) in [6.07, 6.45) is 0.772. The molecule has 4 heteroatoms. The van der Waals surface area contributed by atoms with E-state index < -0.39 is 0 Å². The number of benzene rings is 1. The highest BCUT2D eigenvalue weighted by molar-refractivity contribution is 5.94. The van der Waals surface area contributed by atoms with E-state index in [0.717, 1.165) is 0 Å². The second-order valence-electron chi connectivity index (χ2n) is 4.46. The van der Waals surface area contributed by atoms with Gasteiger partial charge in [0.15, 0.2) is 0 Å². The monoisotopic (exact) mass is 251 g/mol. The van der Waals surface area contributed by atoms with E-state index in [2.05, 4.69) is 5.32 Å². The second-order valence-corrected chi connectivity index (χ2v) is 4.46. The first-order chi connectivity index (χ1) is 8.56. The van der Waals surface area contributed by atoms with E-state index in [1.54, 1.807) is 18.2 Å². The minimum atomic E-state index is -0.202. The molecule has 0 saturated carbocycles. The summed E-state index contributed by atoms with van der Waals surface area (Å²) in [4.78, 5) is 11.9. The van der Waals surface area contributed by atoms with Gasteiger partial charge >= 0.3 is 0 Å². The third-order valence-electron chi connectivity index (χ3n) is 2.52. The predicted molar refractivity (Wildman–Crippen MR) is 70.8 cm³/mol. The maximum atomic E-state index is 11.9. The number of carbonyl (C=O) groups excluding carboxylic acids is 1. The van der Waals surface area contributed by atoms with Crippen LogP contribution >= 0.6 is 0 Å². The van der Waals surface area contributed by atoms with Gasteiger partial charge in [-0.25, -0.2) is 0 Å². The molecule has 0 aliphatic heterocycles. The topological polar surface area (TPSA) is 58.6 Å². The molecule has 1 rings (SSSR count). The highest BCUT2D eigenvalue weighted by atomic mass is 16.5. The van der Waals surface area contributed by atoms with E-state index in [1.807, 2.05) is 26.8 Å². The molecule has 18 heavy (non-hydrogen) atoms. The molecule has 0 aromatic heterocycles. The summed E-state index contributed by atoms with van der Waals surface area (Å²) in [5.74, 6) is 0.486. The average molecular weight is 251 g/mol. The fourth-order valence-corrected chi connectivity index (χ4v) is 1.53. The SMILES string of the molecule is CC[C@H](CO)NC(=O)c1cccc(OC(C)C)c1. The lowest BCUT2D eigenvalue weighted by Gasteiger charge is -2.15. The number of ether oxygens (including phenoxy) is 1. The Kier molecular flexibility index (Phi) is 5.65. The fraction of sp³-hybridized carbons (Fsp3) is 0.500. The summed E-state index contributed by atoms with van der Waals surface area (Å²) in [5.41, 5.74) is 0.542. The molecule has 0 aliphatic rings. The van der Waals surface area contributed by atoms with Crippen molar-refractivity contribution in [1.82, 2.24) is 5.32 Å². The number of nitrogens with one attached hydrogen (secondary N) is 1. The zero-order valence-electron chi connectivity index (χ0n) is 11.1. The normalized spacial score (nSPS) is 12.3. The number of carbonyl (C=O) groups is 1. The van der Waals surface area contributed by atoms with Gasteiger partial charge in [0.25, 0.3) is 5.91 Å². The first-order valence-electron chi connectivity index (χ1n) is 6.25. The van der Waals surface area contributed by atoms with Crippen LogP contribution in [-0.4, -0.2) is 29.8 Å². The predicted octanol–water partition coefficient (Wildman–Crippen LogP) is 1.97. The van der Waals surface area contributed by atoms with Crippen molar-refractivity contribution in [3.8, 4) is 5.75 Å². The fourth-order valence-electron chi connectivity index (χ4n) is 1.53. The van der Waals surface area contributed by atoms with E-state index in [4.69, 9.17) is 9.84 Å². The second kappa shape index (κ2) is 7.01. The van der Waals surface area contributed by atoms with Crippen LogP contribution in [0.15, 0.2) is 24.3 Å². The lowest BCUT2D eigenvalue weighted by Crippen LogP contribution is -2.36. The van der Waals surface area contributed by atoms with Crippen molar-refractivity contribution in [2.75, 3.05) is 6.61 Å². The number of aliphatic hydroxyl groups excluding tert-OH is 1. The Morgan fingerprint density at radius 1 is 1.44 bits per heavy atom.